The van der Waals surface area contributed by atoms with Crippen molar-refractivity contribution >= 4 is 5.91 Å². The Morgan fingerprint density at radius 1 is 1.33 bits per heavy atom. The van der Waals surface area contributed by atoms with Crippen LogP contribution in [0.2, 0.25) is 0 Å². The van der Waals surface area contributed by atoms with E-state index in [-0.39, 0.29) is 11.9 Å². The minimum Gasteiger partial charge on any atom is -0.392 e. The van der Waals surface area contributed by atoms with Gasteiger partial charge in [0, 0.05) is 19.1 Å². The van der Waals surface area contributed by atoms with Gasteiger partial charge in [0.2, 0.25) is 5.91 Å². The molecule has 2 N–H and O–H groups in total. The lowest BCUT2D eigenvalue weighted by Gasteiger charge is -2.27. The summed E-state index contributed by atoms with van der Waals surface area (Å²) in [6, 6.07) is -0.0289. The zero-order valence-corrected chi connectivity index (χ0v) is 9.70. The van der Waals surface area contributed by atoms with Crippen LogP contribution in [0, 0.1) is 0 Å². The van der Waals surface area contributed by atoms with Crippen LogP contribution in [0.4, 0.5) is 0 Å². The van der Waals surface area contributed by atoms with Crippen LogP contribution < -0.4 is 5.32 Å². The predicted octanol–water partition coefficient (Wildman–Crippen LogP) is 0.358. The minimum atomic E-state index is -0.417. The third-order valence-corrected chi connectivity index (χ3v) is 3.01. The summed E-state index contributed by atoms with van der Waals surface area (Å²) in [6.45, 7) is 5.73. The summed E-state index contributed by atoms with van der Waals surface area (Å²) in [5.74, 6) is 0.155. The Morgan fingerprint density at radius 3 is 2.47 bits per heavy atom. The van der Waals surface area contributed by atoms with Crippen molar-refractivity contribution in [2.75, 3.05) is 19.6 Å². The average molecular weight is 214 g/mol. The van der Waals surface area contributed by atoms with Gasteiger partial charge in [-0.05, 0) is 33.1 Å². The Bertz CT molecular complexity index is 201. The first-order chi connectivity index (χ1) is 7.11. The van der Waals surface area contributed by atoms with Crippen LogP contribution in [0.5, 0.6) is 0 Å². The van der Waals surface area contributed by atoms with Crippen LogP contribution in [-0.2, 0) is 4.79 Å². The summed E-state index contributed by atoms with van der Waals surface area (Å²) >= 11 is 0. The molecule has 0 aromatic carbocycles. The molecular formula is C11H22N2O2. The highest BCUT2D eigenvalue weighted by Gasteiger charge is 2.17. The first-order valence-electron chi connectivity index (χ1n) is 5.80. The molecule has 1 amide bonds. The lowest BCUT2D eigenvalue weighted by molar-refractivity contribution is -0.131. The lowest BCUT2D eigenvalue weighted by Crippen LogP contribution is -2.45. The van der Waals surface area contributed by atoms with Crippen molar-refractivity contribution in [1.82, 2.24) is 10.2 Å². The molecule has 2 unspecified atom stereocenters. The number of carbonyl (C=O) groups excluding carboxylic acids is 1. The second-order valence-corrected chi connectivity index (χ2v) is 4.35. The number of nitrogens with one attached hydrogen (secondary N) is 1. The average Bonchev–Trinajstić information content (AvgIpc) is 2.26. The van der Waals surface area contributed by atoms with Gasteiger partial charge in [-0.1, -0.05) is 0 Å². The quantitative estimate of drug-likeness (QED) is 0.710. The number of amides is 1. The molecule has 1 rings (SSSR count). The first-order valence-corrected chi connectivity index (χ1v) is 5.80. The zero-order valence-electron chi connectivity index (χ0n) is 9.70. The number of likely N-dealkylation sites (tertiary alicyclic amines) is 1. The number of aliphatic hydroxyl groups is 1. The summed E-state index contributed by atoms with van der Waals surface area (Å²) < 4.78 is 0. The SMILES string of the molecule is CC(O)C(C)NCC(=O)N1CCCCC1. The minimum absolute atomic E-state index is 0.0289. The van der Waals surface area contributed by atoms with Gasteiger partial charge in [0.15, 0.2) is 0 Å². The molecule has 15 heavy (non-hydrogen) atoms. The van der Waals surface area contributed by atoms with Crippen molar-refractivity contribution in [3.05, 3.63) is 0 Å². The number of aliphatic hydroxyl groups excluding tert-OH is 1. The van der Waals surface area contributed by atoms with Gasteiger partial charge in [-0.3, -0.25) is 4.79 Å². The summed E-state index contributed by atoms with van der Waals surface area (Å²) in [4.78, 5) is 13.6. The Labute approximate surface area is 91.6 Å². The van der Waals surface area contributed by atoms with E-state index in [4.69, 9.17) is 0 Å². The number of hydrogen-bond donors (Lipinski definition) is 2. The van der Waals surface area contributed by atoms with E-state index in [9.17, 15) is 9.90 Å². The fraction of sp³-hybridized carbons (Fsp3) is 0.909. The van der Waals surface area contributed by atoms with Crippen LogP contribution in [0.1, 0.15) is 33.1 Å². The molecule has 2 atom stereocenters. The molecule has 0 aromatic rings. The number of nitrogens with zero attached hydrogens (tertiary/aromatic N) is 1. The maximum Gasteiger partial charge on any atom is 0.236 e. The molecule has 1 aliphatic rings. The molecule has 4 nitrogen and oxygen atoms in total. The van der Waals surface area contributed by atoms with Gasteiger partial charge in [0.25, 0.3) is 0 Å². The topological polar surface area (TPSA) is 52.6 Å². The summed E-state index contributed by atoms with van der Waals surface area (Å²) in [5.41, 5.74) is 0. The van der Waals surface area contributed by atoms with E-state index < -0.39 is 6.10 Å². The van der Waals surface area contributed by atoms with Crippen LogP contribution in [0.15, 0.2) is 0 Å². The van der Waals surface area contributed by atoms with E-state index in [0.29, 0.717) is 6.54 Å². The Hall–Kier alpha value is -0.610. The molecule has 0 saturated carbocycles. The van der Waals surface area contributed by atoms with Crippen LogP contribution >= 0.6 is 0 Å². The molecule has 4 heteroatoms. The fourth-order valence-electron chi connectivity index (χ4n) is 1.67. The van der Waals surface area contributed by atoms with Crippen LogP contribution in [0.25, 0.3) is 0 Å². The standard InChI is InChI=1S/C11H22N2O2/c1-9(10(2)14)12-8-11(15)13-6-4-3-5-7-13/h9-10,12,14H,3-8H2,1-2H3. The van der Waals surface area contributed by atoms with Gasteiger partial charge >= 0.3 is 0 Å². The molecule has 0 aliphatic carbocycles. The van der Waals surface area contributed by atoms with Crippen LogP contribution in [0.3, 0.4) is 0 Å². The van der Waals surface area contributed by atoms with Gasteiger partial charge in [-0.2, -0.15) is 0 Å². The third-order valence-electron chi connectivity index (χ3n) is 3.01. The predicted molar refractivity (Wildman–Crippen MR) is 59.6 cm³/mol. The molecule has 0 aromatic heterocycles. The second kappa shape index (κ2) is 6.08. The highest BCUT2D eigenvalue weighted by Crippen LogP contribution is 2.08. The van der Waals surface area contributed by atoms with Crippen molar-refractivity contribution in [3.8, 4) is 0 Å². The van der Waals surface area contributed by atoms with Gasteiger partial charge in [0.1, 0.15) is 0 Å². The van der Waals surface area contributed by atoms with E-state index in [0.717, 1.165) is 25.9 Å². The molecule has 88 valence electrons. The molecule has 1 aliphatic heterocycles. The smallest absolute Gasteiger partial charge is 0.236 e. The normalized spacial score (nSPS) is 21.1. The number of piperidine rings is 1. The van der Waals surface area contributed by atoms with Gasteiger partial charge in [0.05, 0.1) is 12.6 Å². The van der Waals surface area contributed by atoms with E-state index in [2.05, 4.69) is 5.32 Å². The molecular weight excluding hydrogens is 192 g/mol. The second-order valence-electron chi connectivity index (χ2n) is 4.35. The summed E-state index contributed by atoms with van der Waals surface area (Å²) in [6.07, 6.45) is 3.07. The van der Waals surface area contributed by atoms with Crippen LogP contribution in [-0.4, -0.2) is 47.7 Å². The molecule has 0 spiro atoms. The molecule has 1 heterocycles. The highest BCUT2D eigenvalue weighted by atomic mass is 16.3. The van der Waals surface area contributed by atoms with E-state index in [1.807, 2.05) is 11.8 Å². The van der Waals surface area contributed by atoms with Crippen molar-refractivity contribution in [2.45, 2.75) is 45.3 Å². The largest absolute Gasteiger partial charge is 0.392 e. The number of carbonyl (C=O) groups is 1. The van der Waals surface area contributed by atoms with E-state index in [1.165, 1.54) is 6.42 Å². The van der Waals surface area contributed by atoms with Gasteiger partial charge < -0.3 is 15.3 Å². The molecule has 1 saturated heterocycles. The van der Waals surface area contributed by atoms with Crippen molar-refractivity contribution in [3.63, 3.8) is 0 Å². The Kier molecular flexibility index (Phi) is 5.05. The van der Waals surface area contributed by atoms with Crippen molar-refractivity contribution in [2.24, 2.45) is 0 Å². The summed E-state index contributed by atoms with van der Waals surface area (Å²) in [5, 5.41) is 12.3. The maximum atomic E-state index is 11.7. The maximum absolute atomic E-state index is 11.7. The summed E-state index contributed by atoms with van der Waals surface area (Å²) in [7, 11) is 0. The van der Waals surface area contributed by atoms with E-state index in [1.54, 1.807) is 6.92 Å². The monoisotopic (exact) mass is 214 g/mol. The fourth-order valence-corrected chi connectivity index (χ4v) is 1.67. The first kappa shape index (κ1) is 12.5. The van der Waals surface area contributed by atoms with Gasteiger partial charge in [-0.15, -0.1) is 0 Å². The number of hydrogen-bond acceptors (Lipinski definition) is 3. The highest BCUT2D eigenvalue weighted by molar-refractivity contribution is 5.78. The van der Waals surface area contributed by atoms with Gasteiger partial charge in [-0.25, -0.2) is 0 Å². The third kappa shape index (κ3) is 4.18. The molecule has 1 fully saturated rings. The number of rotatable bonds is 4. The zero-order chi connectivity index (χ0) is 11.3. The lowest BCUT2D eigenvalue weighted by atomic mass is 10.1. The molecule has 0 bridgehead atoms. The van der Waals surface area contributed by atoms with Crippen molar-refractivity contribution < 1.29 is 9.90 Å². The molecule has 0 radical (unpaired) electrons. The van der Waals surface area contributed by atoms with E-state index >= 15 is 0 Å². The Balaban J connectivity index is 2.22. The Morgan fingerprint density at radius 2 is 1.93 bits per heavy atom. The van der Waals surface area contributed by atoms with Crippen molar-refractivity contribution in [1.29, 1.82) is 0 Å².